The standard InChI is InChI=1S/C14H23N3S2/c1-3-11(15)7-10-8-16-14(17-9-10)13-12(4-2)18-5-6-19-13/h8-9,11-13H,3-7,15H2,1-2H3. The van der Waals surface area contributed by atoms with Crippen LogP contribution in [0.5, 0.6) is 0 Å². The Balaban J connectivity index is 2.04. The average Bonchev–Trinajstić information content (AvgIpc) is 2.48. The summed E-state index contributed by atoms with van der Waals surface area (Å²) in [4.78, 5) is 9.17. The van der Waals surface area contributed by atoms with Crippen LogP contribution in [0.15, 0.2) is 12.4 Å². The van der Waals surface area contributed by atoms with E-state index in [0.717, 1.165) is 24.2 Å². The van der Waals surface area contributed by atoms with E-state index >= 15 is 0 Å². The molecule has 1 aliphatic rings. The van der Waals surface area contributed by atoms with Gasteiger partial charge in [0.25, 0.3) is 0 Å². The third kappa shape index (κ3) is 4.10. The van der Waals surface area contributed by atoms with Gasteiger partial charge in [0.2, 0.25) is 0 Å². The lowest BCUT2D eigenvalue weighted by Gasteiger charge is -2.28. The monoisotopic (exact) mass is 297 g/mol. The largest absolute Gasteiger partial charge is 0.327 e. The first-order valence-corrected chi connectivity index (χ1v) is 9.14. The molecule has 3 unspecified atom stereocenters. The Morgan fingerprint density at radius 3 is 2.58 bits per heavy atom. The highest BCUT2D eigenvalue weighted by molar-refractivity contribution is 8.06. The summed E-state index contributed by atoms with van der Waals surface area (Å²) in [6.07, 6.45) is 6.98. The molecule has 106 valence electrons. The molecule has 1 aromatic heterocycles. The molecule has 3 atom stereocenters. The Bertz CT molecular complexity index is 383. The quantitative estimate of drug-likeness (QED) is 0.905. The lowest BCUT2D eigenvalue weighted by molar-refractivity contribution is 0.641. The molecule has 3 nitrogen and oxygen atoms in total. The molecule has 0 spiro atoms. The van der Waals surface area contributed by atoms with Gasteiger partial charge >= 0.3 is 0 Å². The van der Waals surface area contributed by atoms with Gasteiger partial charge < -0.3 is 5.73 Å². The summed E-state index contributed by atoms with van der Waals surface area (Å²) >= 11 is 4.07. The summed E-state index contributed by atoms with van der Waals surface area (Å²) in [5, 5.41) is 1.11. The van der Waals surface area contributed by atoms with Crippen molar-refractivity contribution in [3.63, 3.8) is 0 Å². The fourth-order valence-corrected chi connectivity index (χ4v) is 5.21. The van der Waals surface area contributed by atoms with Crippen LogP contribution in [0.25, 0.3) is 0 Å². The van der Waals surface area contributed by atoms with Gasteiger partial charge in [0.15, 0.2) is 0 Å². The fraction of sp³-hybridized carbons (Fsp3) is 0.714. The van der Waals surface area contributed by atoms with Crippen molar-refractivity contribution >= 4 is 23.5 Å². The van der Waals surface area contributed by atoms with Gasteiger partial charge in [-0.05, 0) is 24.8 Å². The Labute approximate surface area is 124 Å². The number of hydrogen-bond donors (Lipinski definition) is 1. The van der Waals surface area contributed by atoms with Gasteiger partial charge in [0, 0.05) is 35.2 Å². The molecule has 1 fully saturated rings. The van der Waals surface area contributed by atoms with Gasteiger partial charge in [-0.2, -0.15) is 11.8 Å². The molecule has 0 amide bonds. The molecule has 1 aliphatic heterocycles. The predicted octanol–water partition coefficient (Wildman–Crippen LogP) is 3.06. The van der Waals surface area contributed by atoms with Gasteiger partial charge in [-0.15, -0.1) is 11.8 Å². The van der Waals surface area contributed by atoms with Crippen molar-refractivity contribution in [1.82, 2.24) is 9.97 Å². The maximum absolute atomic E-state index is 5.97. The Kier molecular flexibility index (Phi) is 5.98. The first-order chi connectivity index (χ1) is 9.24. The minimum atomic E-state index is 0.220. The molecule has 2 heterocycles. The Hall–Kier alpha value is -0.260. The predicted molar refractivity (Wildman–Crippen MR) is 85.7 cm³/mol. The van der Waals surface area contributed by atoms with Gasteiger partial charge in [-0.25, -0.2) is 9.97 Å². The Morgan fingerprint density at radius 2 is 1.95 bits per heavy atom. The van der Waals surface area contributed by atoms with E-state index in [1.165, 1.54) is 17.9 Å². The highest BCUT2D eigenvalue weighted by Crippen LogP contribution is 2.42. The number of aromatic nitrogens is 2. The first kappa shape index (κ1) is 15.1. The third-order valence-corrected chi connectivity index (χ3v) is 6.70. The van der Waals surface area contributed by atoms with E-state index in [9.17, 15) is 0 Å². The van der Waals surface area contributed by atoms with Crippen molar-refractivity contribution in [3.05, 3.63) is 23.8 Å². The van der Waals surface area contributed by atoms with E-state index in [-0.39, 0.29) is 6.04 Å². The zero-order chi connectivity index (χ0) is 13.7. The van der Waals surface area contributed by atoms with Crippen LogP contribution in [0.1, 0.15) is 43.3 Å². The summed E-state index contributed by atoms with van der Waals surface area (Å²) in [7, 11) is 0. The molecule has 0 bridgehead atoms. The van der Waals surface area contributed by atoms with Crippen LogP contribution in [0.4, 0.5) is 0 Å². The first-order valence-electron chi connectivity index (χ1n) is 7.04. The molecule has 1 aromatic rings. The summed E-state index contributed by atoms with van der Waals surface area (Å²) in [5.41, 5.74) is 7.12. The molecule has 0 aromatic carbocycles. The zero-order valence-electron chi connectivity index (χ0n) is 11.7. The van der Waals surface area contributed by atoms with E-state index in [2.05, 4.69) is 35.6 Å². The molecule has 5 heteroatoms. The number of thioether (sulfide) groups is 2. The van der Waals surface area contributed by atoms with Crippen molar-refractivity contribution in [2.75, 3.05) is 11.5 Å². The number of nitrogens with zero attached hydrogens (tertiary/aromatic N) is 2. The molecule has 0 saturated carbocycles. The van der Waals surface area contributed by atoms with Crippen molar-refractivity contribution in [3.8, 4) is 0 Å². The van der Waals surface area contributed by atoms with Crippen molar-refractivity contribution in [2.24, 2.45) is 5.73 Å². The molecule has 1 saturated heterocycles. The van der Waals surface area contributed by atoms with E-state index < -0.39 is 0 Å². The lowest BCUT2D eigenvalue weighted by Crippen LogP contribution is -2.22. The Morgan fingerprint density at radius 1 is 1.26 bits per heavy atom. The minimum absolute atomic E-state index is 0.220. The molecule has 2 rings (SSSR count). The number of hydrogen-bond acceptors (Lipinski definition) is 5. The van der Waals surface area contributed by atoms with Crippen molar-refractivity contribution in [2.45, 2.75) is 49.7 Å². The molecule has 0 aliphatic carbocycles. The second kappa shape index (κ2) is 7.50. The van der Waals surface area contributed by atoms with E-state index in [4.69, 9.17) is 5.73 Å². The van der Waals surface area contributed by atoms with Crippen LogP contribution in [0, 0.1) is 0 Å². The third-order valence-electron chi connectivity index (χ3n) is 3.45. The maximum atomic E-state index is 5.97. The zero-order valence-corrected chi connectivity index (χ0v) is 13.3. The molecular formula is C14H23N3S2. The highest BCUT2D eigenvalue weighted by Gasteiger charge is 2.28. The van der Waals surface area contributed by atoms with Crippen LogP contribution < -0.4 is 5.73 Å². The smallest absolute Gasteiger partial charge is 0.142 e. The number of rotatable bonds is 5. The highest BCUT2D eigenvalue weighted by atomic mass is 32.2. The summed E-state index contributed by atoms with van der Waals surface area (Å²) < 4.78 is 0. The van der Waals surface area contributed by atoms with Gasteiger partial charge in [0.1, 0.15) is 5.82 Å². The lowest BCUT2D eigenvalue weighted by atomic mass is 10.1. The molecule has 0 radical (unpaired) electrons. The molecule has 19 heavy (non-hydrogen) atoms. The van der Waals surface area contributed by atoms with E-state index in [1.807, 2.05) is 24.2 Å². The van der Waals surface area contributed by atoms with Crippen LogP contribution in [0.3, 0.4) is 0 Å². The minimum Gasteiger partial charge on any atom is -0.327 e. The van der Waals surface area contributed by atoms with Crippen LogP contribution >= 0.6 is 23.5 Å². The maximum Gasteiger partial charge on any atom is 0.142 e. The summed E-state index contributed by atoms with van der Waals surface area (Å²) in [6, 6.07) is 0.220. The second-order valence-corrected chi connectivity index (χ2v) is 7.53. The van der Waals surface area contributed by atoms with E-state index in [0.29, 0.717) is 10.5 Å². The normalized spacial score (nSPS) is 25.2. The van der Waals surface area contributed by atoms with Crippen LogP contribution in [-0.4, -0.2) is 32.8 Å². The molecular weight excluding hydrogens is 274 g/mol. The van der Waals surface area contributed by atoms with Crippen molar-refractivity contribution < 1.29 is 0 Å². The van der Waals surface area contributed by atoms with Crippen LogP contribution in [0.2, 0.25) is 0 Å². The number of nitrogens with two attached hydrogens (primary N) is 1. The van der Waals surface area contributed by atoms with E-state index in [1.54, 1.807) is 0 Å². The van der Waals surface area contributed by atoms with Gasteiger partial charge in [-0.1, -0.05) is 13.8 Å². The summed E-state index contributed by atoms with van der Waals surface area (Å²) in [5.74, 6) is 3.46. The van der Waals surface area contributed by atoms with Gasteiger partial charge in [-0.3, -0.25) is 0 Å². The van der Waals surface area contributed by atoms with Gasteiger partial charge in [0.05, 0.1) is 5.25 Å². The molecule has 2 N–H and O–H groups in total. The SMILES string of the molecule is CCC(N)Cc1cnc(C2SCCSC2CC)nc1. The second-order valence-electron chi connectivity index (χ2n) is 4.93. The van der Waals surface area contributed by atoms with Crippen molar-refractivity contribution in [1.29, 1.82) is 0 Å². The summed E-state index contributed by atoms with van der Waals surface area (Å²) in [6.45, 7) is 4.37. The topological polar surface area (TPSA) is 51.8 Å². The van der Waals surface area contributed by atoms with Crippen LogP contribution in [-0.2, 0) is 6.42 Å². The average molecular weight is 297 g/mol. The fourth-order valence-electron chi connectivity index (χ4n) is 2.21.